The Kier molecular flexibility index (Phi) is 6.54. The molecule has 164 valence electrons. The highest BCUT2D eigenvalue weighted by Gasteiger charge is 2.21. The predicted octanol–water partition coefficient (Wildman–Crippen LogP) is 3.83. The third kappa shape index (κ3) is 3.94. The second-order valence-corrected chi connectivity index (χ2v) is 6.45. The average Bonchev–Trinajstić information content (AvgIpc) is 3.13. The summed E-state index contributed by atoms with van der Waals surface area (Å²) in [6, 6.07) is 9.07. The van der Waals surface area contributed by atoms with Gasteiger partial charge in [-0.2, -0.15) is 0 Å². The van der Waals surface area contributed by atoms with E-state index >= 15 is 0 Å². The minimum absolute atomic E-state index is 0.480. The van der Waals surface area contributed by atoms with Crippen molar-refractivity contribution in [2.75, 3.05) is 35.5 Å². The number of aryl methyl sites for hydroxylation is 1. The van der Waals surface area contributed by atoms with E-state index in [9.17, 15) is 5.21 Å². The molecule has 0 saturated carbocycles. The van der Waals surface area contributed by atoms with E-state index < -0.39 is 0 Å². The van der Waals surface area contributed by atoms with Gasteiger partial charge in [0.05, 0.1) is 46.9 Å². The van der Waals surface area contributed by atoms with Crippen molar-refractivity contribution in [3.8, 4) is 51.4 Å². The van der Waals surface area contributed by atoms with E-state index in [-0.39, 0.29) is 0 Å². The largest absolute Gasteiger partial charge is 0.493 e. The zero-order chi connectivity index (χ0) is 22.5. The topological polar surface area (TPSA) is 96.6 Å². The first-order valence-electron chi connectivity index (χ1n) is 9.32. The van der Waals surface area contributed by atoms with Crippen LogP contribution in [0.3, 0.4) is 0 Å². The number of methoxy groups -OCH3 is 5. The van der Waals surface area contributed by atoms with Crippen molar-refractivity contribution in [3.63, 3.8) is 0 Å². The van der Waals surface area contributed by atoms with E-state index in [0.29, 0.717) is 46.0 Å². The Morgan fingerprint density at radius 3 is 1.90 bits per heavy atom. The molecule has 0 aliphatic rings. The number of oxime groups is 1. The van der Waals surface area contributed by atoms with Crippen LogP contribution in [-0.4, -0.2) is 56.6 Å². The maximum absolute atomic E-state index is 9.35. The van der Waals surface area contributed by atoms with Crippen molar-refractivity contribution in [2.45, 2.75) is 6.92 Å². The fourth-order valence-corrected chi connectivity index (χ4v) is 3.45. The van der Waals surface area contributed by atoms with Gasteiger partial charge in [0.25, 0.3) is 0 Å². The second-order valence-electron chi connectivity index (χ2n) is 6.45. The summed E-state index contributed by atoms with van der Waals surface area (Å²) in [4.78, 5) is 4.71. The molecule has 0 radical (unpaired) electrons. The van der Waals surface area contributed by atoms with Crippen molar-refractivity contribution >= 4 is 6.34 Å². The number of nitrogens with zero attached hydrogens (tertiary/aromatic N) is 3. The highest BCUT2D eigenvalue weighted by Crippen LogP contribution is 2.42. The number of aromatic nitrogens is 2. The van der Waals surface area contributed by atoms with Crippen LogP contribution in [0.1, 0.15) is 5.69 Å². The molecule has 0 aliphatic heterocycles. The number of ether oxygens (including phenoxy) is 5. The summed E-state index contributed by atoms with van der Waals surface area (Å²) in [5.74, 6) is 3.19. The van der Waals surface area contributed by atoms with Gasteiger partial charge >= 0.3 is 0 Å². The SMILES string of the molecule is COc1ccc(-c2nc(C)c(-c3cc(OC)c(OC)c(OC)c3)n2C=NO)cc1OC. The quantitative estimate of drug-likeness (QED) is 0.253. The van der Waals surface area contributed by atoms with Gasteiger partial charge in [-0.25, -0.2) is 4.98 Å². The third-order valence-electron chi connectivity index (χ3n) is 4.83. The lowest BCUT2D eigenvalue weighted by Crippen LogP contribution is -2.03. The Labute approximate surface area is 180 Å². The summed E-state index contributed by atoms with van der Waals surface area (Å²) in [5, 5.41) is 12.6. The zero-order valence-corrected chi connectivity index (χ0v) is 18.3. The van der Waals surface area contributed by atoms with Crippen LogP contribution >= 0.6 is 0 Å². The van der Waals surface area contributed by atoms with Crippen LogP contribution in [0.25, 0.3) is 22.6 Å². The minimum atomic E-state index is 0.480. The van der Waals surface area contributed by atoms with Crippen LogP contribution in [0.4, 0.5) is 0 Å². The Hall–Kier alpha value is -3.88. The molecule has 2 aromatic carbocycles. The van der Waals surface area contributed by atoms with Crippen molar-refractivity contribution in [1.82, 2.24) is 9.55 Å². The molecule has 1 N–H and O–H groups in total. The molecule has 0 atom stereocenters. The summed E-state index contributed by atoms with van der Waals surface area (Å²) in [7, 11) is 7.79. The second kappa shape index (κ2) is 9.29. The normalized spacial score (nSPS) is 10.9. The standard InChI is InChI=1S/C22H25N3O6/c1-13-20(15-10-18(29-4)21(31-6)19(11-15)30-5)25(12-23-26)22(24-13)14-7-8-16(27-2)17(9-14)28-3/h7-12,26H,1-6H3. The molecular formula is C22H25N3O6. The highest BCUT2D eigenvalue weighted by molar-refractivity contribution is 5.82. The van der Waals surface area contributed by atoms with Gasteiger partial charge in [-0.15, -0.1) is 0 Å². The lowest BCUT2D eigenvalue weighted by molar-refractivity contribution is 0.320. The lowest BCUT2D eigenvalue weighted by Gasteiger charge is -2.15. The van der Waals surface area contributed by atoms with Crippen LogP contribution in [0.5, 0.6) is 28.7 Å². The van der Waals surface area contributed by atoms with Crippen molar-refractivity contribution in [3.05, 3.63) is 36.0 Å². The molecule has 0 saturated heterocycles. The minimum Gasteiger partial charge on any atom is -0.493 e. The maximum atomic E-state index is 9.35. The van der Waals surface area contributed by atoms with Gasteiger partial charge in [0.1, 0.15) is 12.2 Å². The first-order valence-corrected chi connectivity index (χ1v) is 9.32. The van der Waals surface area contributed by atoms with Crippen LogP contribution in [0.2, 0.25) is 0 Å². The fraction of sp³-hybridized carbons (Fsp3) is 0.273. The molecule has 0 bridgehead atoms. The van der Waals surface area contributed by atoms with Gasteiger partial charge in [-0.05, 0) is 37.3 Å². The molecule has 0 amide bonds. The highest BCUT2D eigenvalue weighted by atomic mass is 16.5. The van der Waals surface area contributed by atoms with Gasteiger partial charge < -0.3 is 28.9 Å². The molecule has 1 aromatic heterocycles. The maximum Gasteiger partial charge on any atom is 0.203 e. The van der Waals surface area contributed by atoms with Crippen molar-refractivity contribution < 1.29 is 28.9 Å². The fourth-order valence-electron chi connectivity index (χ4n) is 3.45. The molecule has 9 heteroatoms. The van der Waals surface area contributed by atoms with E-state index in [2.05, 4.69) is 5.16 Å². The molecule has 0 fully saturated rings. The Bertz CT molecular complexity index is 1080. The predicted molar refractivity (Wildman–Crippen MR) is 116 cm³/mol. The summed E-state index contributed by atoms with van der Waals surface area (Å²) in [6.07, 6.45) is 1.28. The van der Waals surface area contributed by atoms with E-state index in [4.69, 9.17) is 28.7 Å². The Balaban J connectivity index is 2.26. The number of hydrogen-bond acceptors (Lipinski definition) is 8. The molecule has 31 heavy (non-hydrogen) atoms. The first kappa shape index (κ1) is 21.8. The number of rotatable bonds is 8. The van der Waals surface area contributed by atoms with E-state index in [1.54, 1.807) is 52.2 Å². The summed E-state index contributed by atoms with van der Waals surface area (Å²) in [5.41, 5.74) is 2.89. The van der Waals surface area contributed by atoms with Gasteiger partial charge in [-0.1, -0.05) is 5.16 Å². The molecule has 0 aliphatic carbocycles. The number of imidazole rings is 1. The van der Waals surface area contributed by atoms with Gasteiger partial charge in [0.15, 0.2) is 23.0 Å². The monoisotopic (exact) mass is 427 g/mol. The molecule has 3 rings (SSSR count). The van der Waals surface area contributed by atoms with Crippen LogP contribution in [0, 0.1) is 6.92 Å². The lowest BCUT2D eigenvalue weighted by atomic mass is 10.1. The molecule has 0 spiro atoms. The van der Waals surface area contributed by atoms with E-state index in [0.717, 1.165) is 11.1 Å². The van der Waals surface area contributed by atoms with Gasteiger partial charge in [0.2, 0.25) is 5.75 Å². The van der Waals surface area contributed by atoms with Gasteiger partial charge in [0, 0.05) is 11.1 Å². The van der Waals surface area contributed by atoms with Crippen LogP contribution in [0.15, 0.2) is 35.5 Å². The third-order valence-corrected chi connectivity index (χ3v) is 4.83. The summed E-state index contributed by atoms with van der Waals surface area (Å²) in [6.45, 7) is 1.87. The average molecular weight is 427 g/mol. The number of hydrogen-bond donors (Lipinski definition) is 1. The van der Waals surface area contributed by atoms with Gasteiger partial charge in [-0.3, -0.25) is 4.57 Å². The molecule has 0 unspecified atom stereocenters. The molecule has 9 nitrogen and oxygen atoms in total. The van der Waals surface area contributed by atoms with Crippen LogP contribution in [-0.2, 0) is 0 Å². The van der Waals surface area contributed by atoms with Crippen molar-refractivity contribution in [1.29, 1.82) is 0 Å². The Morgan fingerprint density at radius 2 is 1.39 bits per heavy atom. The molecule has 1 heterocycles. The first-order chi connectivity index (χ1) is 15.0. The molecule has 3 aromatic rings. The zero-order valence-electron chi connectivity index (χ0n) is 18.3. The smallest absolute Gasteiger partial charge is 0.203 e. The number of benzene rings is 2. The summed E-state index contributed by atoms with van der Waals surface area (Å²) < 4.78 is 28.8. The Morgan fingerprint density at radius 1 is 0.806 bits per heavy atom. The summed E-state index contributed by atoms with van der Waals surface area (Å²) >= 11 is 0. The van der Waals surface area contributed by atoms with Crippen LogP contribution < -0.4 is 23.7 Å². The van der Waals surface area contributed by atoms with Crippen molar-refractivity contribution in [2.24, 2.45) is 5.16 Å². The van der Waals surface area contributed by atoms with E-state index in [1.165, 1.54) is 6.34 Å². The molecular weight excluding hydrogens is 402 g/mol. The van der Waals surface area contributed by atoms with E-state index in [1.807, 2.05) is 25.1 Å².